The van der Waals surface area contributed by atoms with E-state index in [0.29, 0.717) is 10.2 Å². The van der Waals surface area contributed by atoms with Gasteiger partial charge in [-0.2, -0.15) is 13.2 Å². The molecule has 11 heteroatoms. The monoisotopic (exact) mass is 361 g/mol. The first-order valence-electron chi connectivity index (χ1n) is 5.83. The zero-order valence-electron chi connectivity index (χ0n) is 12.6. The Balaban J connectivity index is 0.000000515. The molecule has 1 rings (SSSR count). The lowest BCUT2D eigenvalue weighted by Crippen LogP contribution is -2.35. The van der Waals surface area contributed by atoms with Gasteiger partial charge >= 0.3 is 11.5 Å². The van der Waals surface area contributed by atoms with Gasteiger partial charge < -0.3 is 9.29 Å². The van der Waals surface area contributed by atoms with E-state index in [1.807, 2.05) is 21.1 Å². The van der Waals surface area contributed by atoms with Crippen LogP contribution in [0.4, 0.5) is 23.2 Å². The summed E-state index contributed by atoms with van der Waals surface area (Å²) in [5, 5.41) is 0. The molecule has 23 heavy (non-hydrogen) atoms. The normalized spacial score (nSPS) is 12.2. The van der Waals surface area contributed by atoms with Crippen LogP contribution >= 0.6 is 0 Å². The minimum Gasteiger partial charge on any atom is -0.741 e. The van der Waals surface area contributed by atoms with E-state index in [2.05, 4.69) is 4.74 Å². The van der Waals surface area contributed by atoms with Crippen molar-refractivity contribution in [1.82, 2.24) is 4.48 Å². The van der Waals surface area contributed by atoms with Crippen molar-refractivity contribution in [1.29, 1.82) is 0 Å². The summed E-state index contributed by atoms with van der Waals surface area (Å²) in [6, 6.07) is 4.36. The Hall–Kier alpha value is -1.72. The molecule has 0 N–H and O–H groups in total. The van der Waals surface area contributed by atoms with Crippen LogP contribution in [0.2, 0.25) is 0 Å². The molecule has 0 saturated heterocycles. The SMILES string of the molecule is COC(=O)c1ccc([N+](C)(C)C)c(F)c1.O=S(=O)([O-])C(F)(F)F. The molecular weight excluding hydrogens is 346 g/mol. The molecule has 0 unspecified atom stereocenters. The van der Waals surface area contributed by atoms with Gasteiger partial charge in [-0.15, -0.1) is 0 Å². The van der Waals surface area contributed by atoms with Gasteiger partial charge in [0, 0.05) is 6.07 Å². The number of quaternary nitrogens is 1. The largest absolute Gasteiger partial charge is 0.741 e. The van der Waals surface area contributed by atoms with Gasteiger partial charge in [0.25, 0.3) is 0 Å². The van der Waals surface area contributed by atoms with Gasteiger partial charge in [-0.25, -0.2) is 17.6 Å². The Kier molecular flexibility index (Phi) is 6.69. The number of alkyl halides is 3. The Labute approximate surface area is 130 Å². The van der Waals surface area contributed by atoms with Crippen LogP contribution in [0.3, 0.4) is 0 Å². The third-order valence-corrected chi connectivity index (χ3v) is 2.94. The van der Waals surface area contributed by atoms with E-state index in [0.717, 1.165) is 0 Å². The van der Waals surface area contributed by atoms with Crippen LogP contribution in [0.25, 0.3) is 0 Å². The minimum atomic E-state index is -6.09. The third-order valence-electron chi connectivity index (χ3n) is 2.37. The standard InChI is InChI=1S/C11H15FNO2.CHF3O3S/c1-13(2,3)10-6-5-8(7-9(10)12)11(14)15-4;2-1(3,4)8(5,6)7/h5-7H,1-4H3;(H,5,6,7)/q+1;/p-1. The number of nitrogens with zero attached hydrogens (tertiary/aromatic N) is 1. The van der Waals surface area contributed by atoms with Crippen LogP contribution in [0.1, 0.15) is 10.4 Å². The fourth-order valence-electron chi connectivity index (χ4n) is 1.30. The molecule has 0 aliphatic rings. The Morgan fingerprint density at radius 1 is 1.22 bits per heavy atom. The van der Waals surface area contributed by atoms with Crippen LogP contribution in [-0.2, 0) is 14.9 Å². The molecule has 0 aromatic heterocycles. The topological polar surface area (TPSA) is 83.5 Å². The van der Waals surface area contributed by atoms with E-state index in [1.165, 1.54) is 13.2 Å². The Morgan fingerprint density at radius 2 is 1.65 bits per heavy atom. The van der Waals surface area contributed by atoms with Crippen molar-refractivity contribution in [3.63, 3.8) is 0 Å². The second kappa shape index (κ2) is 7.23. The summed E-state index contributed by atoms with van der Waals surface area (Å²) >= 11 is 0. The van der Waals surface area contributed by atoms with Gasteiger partial charge in [-0.3, -0.25) is 4.48 Å². The van der Waals surface area contributed by atoms with Gasteiger partial charge in [0.1, 0.15) is 0 Å². The van der Waals surface area contributed by atoms with Crippen molar-refractivity contribution >= 4 is 21.8 Å². The van der Waals surface area contributed by atoms with Gasteiger partial charge in [0.15, 0.2) is 21.6 Å². The number of hydrogen-bond acceptors (Lipinski definition) is 5. The molecule has 0 amide bonds. The Bertz CT molecular complexity index is 665. The number of halogens is 4. The van der Waals surface area contributed by atoms with Crippen molar-refractivity contribution in [3.8, 4) is 0 Å². The van der Waals surface area contributed by atoms with Gasteiger partial charge in [-0.05, 0) is 12.1 Å². The first kappa shape index (κ1) is 21.3. The van der Waals surface area contributed by atoms with Crippen molar-refractivity contribution < 1.29 is 40.1 Å². The molecule has 1 aromatic carbocycles. The average molecular weight is 361 g/mol. The smallest absolute Gasteiger partial charge is 0.485 e. The maximum atomic E-state index is 13.6. The number of ether oxygens (including phenoxy) is 1. The van der Waals surface area contributed by atoms with Gasteiger partial charge in [-0.1, -0.05) is 0 Å². The molecule has 0 saturated carbocycles. The third kappa shape index (κ3) is 6.50. The first-order chi connectivity index (χ1) is 10.1. The number of methoxy groups -OCH3 is 1. The molecule has 0 heterocycles. The van der Waals surface area contributed by atoms with Crippen LogP contribution in [0.15, 0.2) is 18.2 Å². The van der Waals surface area contributed by atoms with E-state index < -0.39 is 27.4 Å². The highest BCUT2D eigenvalue weighted by Crippen LogP contribution is 2.22. The molecule has 0 spiro atoms. The van der Waals surface area contributed by atoms with E-state index in [-0.39, 0.29) is 5.56 Å². The molecule has 0 aliphatic heterocycles. The second-order valence-corrected chi connectivity index (χ2v) is 6.44. The molecule has 0 fully saturated rings. The van der Waals surface area contributed by atoms with Crippen LogP contribution in [0.5, 0.6) is 0 Å². The lowest BCUT2D eigenvalue weighted by molar-refractivity contribution is -0.0517. The van der Waals surface area contributed by atoms with E-state index >= 15 is 0 Å². The van der Waals surface area contributed by atoms with Gasteiger partial charge in [0.05, 0.1) is 33.8 Å². The van der Waals surface area contributed by atoms with E-state index in [9.17, 15) is 22.4 Å². The number of carbonyl (C=O) groups is 1. The minimum absolute atomic E-state index is 0.229. The fraction of sp³-hybridized carbons (Fsp3) is 0.417. The predicted molar refractivity (Wildman–Crippen MR) is 73.1 cm³/mol. The van der Waals surface area contributed by atoms with E-state index in [4.69, 9.17) is 13.0 Å². The molecule has 6 nitrogen and oxygen atoms in total. The fourth-order valence-corrected chi connectivity index (χ4v) is 1.30. The highest BCUT2D eigenvalue weighted by atomic mass is 32.2. The lowest BCUT2D eigenvalue weighted by Gasteiger charge is -2.23. The number of esters is 1. The molecular formula is C12H15F4NO5S. The van der Waals surface area contributed by atoms with Gasteiger partial charge in [0.2, 0.25) is 0 Å². The summed E-state index contributed by atoms with van der Waals surface area (Å²) in [6.45, 7) is 0. The van der Waals surface area contributed by atoms with Crippen LogP contribution in [0, 0.1) is 5.82 Å². The number of benzene rings is 1. The summed E-state index contributed by atoms with van der Waals surface area (Å²) in [5.74, 6) is -0.924. The highest BCUT2D eigenvalue weighted by molar-refractivity contribution is 7.86. The summed E-state index contributed by atoms with van der Waals surface area (Å²) < 4.78 is 77.4. The first-order valence-corrected chi connectivity index (χ1v) is 7.24. The van der Waals surface area contributed by atoms with Crippen molar-refractivity contribution in [2.45, 2.75) is 5.51 Å². The number of rotatable bonds is 2. The van der Waals surface area contributed by atoms with Crippen molar-refractivity contribution in [2.75, 3.05) is 28.3 Å². The highest BCUT2D eigenvalue weighted by Gasteiger charge is 2.36. The maximum absolute atomic E-state index is 13.6. The van der Waals surface area contributed by atoms with Crippen molar-refractivity contribution in [3.05, 3.63) is 29.6 Å². The maximum Gasteiger partial charge on any atom is 0.485 e. The van der Waals surface area contributed by atoms with Crippen molar-refractivity contribution in [2.24, 2.45) is 0 Å². The number of hydrogen-bond donors (Lipinski definition) is 0. The summed E-state index contributed by atoms with van der Waals surface area (Å²) in [6.07, 6.45) is 0. The summed E-state index contributed by atoms with van der Waals surface area (Å²) in [7, 11) is 0.754. The quantitative estimate of drug-likeness (QED) is 0.264. The predicted octanol–water partition coefficient (Wildman–Crippen LogP) is 1.86. The zero-order valence-corrected chi connectivity index (χ0v) is 13.5. The molecule has 0 aliphatic carbocycles. The lowest BCUT2D eigenvalue weighted by atomic mass is 10.2. The second-order valence-electron chi connectivity index (χ2n) is 5.07. The molecule has 1 aromatic rings. The summed E-state index contributed by atoms with van der Waals surface area (Å²) in [5.41, 5.74) is -4.89. The average Bonchev–Trinajstić information content (AvgIpc) is 2.34. The molecule has 132 valence electrons. The van der Waals surface area contributed by atoms with E-state index in [1.54, 1.807) is 12.1 Å². The van der Waals surface area contributed by atoms with Crippen LogP contribution < -0.4 is 4.48 Å². The zero-order chi connectivity index (χ0) is 18.6. The summed E-state index contributed by atoms with van der Waals surface area (Å²) in [4.78, 5) is 11.1. The molecule has 0 atom stereocenters. The molecule has 0 bridgehead atoms. The molecule has 0 radical (unpaired) electrons. The Morgan fingerprint density at radius 3 is 1.91 bits per heavy atom. The number of carbonyl (C=O) groups excluding carboxylic acids is 1. The van der Waals surface area contributed by atoms with Crippen LogP contribution in [-0.4, -0.2) is 52.7 Å².